The van der Waals surface area contributed by atoms with Crippen molar-refractivity contribution >= 4 is 23.4 Å². The van der Waals surface area contributed by atoms with Gasteiger partial charge in [0.15, 0.2) is 6.61 Å². The molecular weight excluding hydrogens is 338 g/mol. The van der Waals surface area contributed by atoms with Gasteiger partial charge in [-0.2, -0.15) is 0 Å². The molecule has 1 saturated carbocycles. The van der Waals surface area contributed by atoms with Crippen molar-refractivity contribution in [3.8, 4) is 0 Å². The number of benzene rings is 1. The molecule has 0 radical (unpaired) electrons. The van der Waals surface area contributed by atoms with Crippen molar-refractivity contribution in [1.29, 1.82) is 0 Å². The number of carbonyl (C=O) groups excluding carboxylic acids is 2. The molecule has 1 aliphatic carbocycles. The van der Waals surface area contributed by atoms with E-state index in [9.17, 15) is 9.59 Å². The van der Waals surface area contributed by atoms with Crippen LogP contribution >= 0.6 is 11.6 Å². The summed E-state index contributed by atoms with van der Waals surface area (Å²) in [4.78, 5) is 25.0. The third-order valence-electron chi connectivity index (χ3n) is 5.06. The third kappa shape index (κ3) is 3.23. The van der Waals surface area contributed by atoms with Crippen LogP contribution in [0.2, 0.25) is 5.02 Å². The van der Waals surface area contributed by atoms with Gasteiger partial charge in [0.05, 0.1) is 5.41 Å². The first-order valence-electron chi connectivity index (χ1n) is 8.52. The Morgan fingerprint density at radius 2 is 1.84 bits per heavy atom. The van der Waals surface area contributed by atoms with Crippen LogP contribution in [0.25, 0.3) is 0 Å². The molecule has 1 heterocycles. The lowest BCUT2D eigenvalue weighted by atomic mass is 9.96. The van der Waals surface area contributed by atoms with Crippen molar-refractivity contribution in [2.24, 2.45) is 0 Å². The lowest BCUT2D eigenvalue weighted by Crippen LogP contribution is -2.26. The van der Waals surface area contributed by atoms with Crippen molar-refractivity contribution in [3.63, 3.8) is 0 Å². The van der Waals surface area contributed by atoms with E-state index in [2.05, 4.69) is 4.57 Å². The highest BCUT2D eigenvalue weighted by molar-refractivity contribution is 6.30. The molecule has 0 N–H and O–H groups in total. The van der Waals surface area contributed by atoms with E-state index < -0.39 is 5.41 Å². The summed E-state index contributed by atoms with van der Waals surface area (Å²) in [7, 11) is 0. The molecule has 0 unspecified atom stereocenters. The SMILES string of the molecule is CCn1c(C)cc(C(=O)COC(=O)C2(c3ccc(Cl)cc3)CC2)c1C. The van der Waals surface area contributed by atoms with Crippen LogP contribution in [0.1, 0.15) is 47.1 Å². The van der Waals surface area contributed by atoms with Crippen LogP contribution in [0.5, 0.6) is 0 Å². The van der Waals surface area contributed by atoms with Gasteiger partial charge < -0.3 is 9.30 Å². The molecule has 1 aromatic carbocycles. The van der Waals surface area contributed by atoms with E-state index in [4.69, 9.17) is 16.3 Å². The Morgan fingerprint density at radius 1 is 1.20 bits per heavy atom. The van der Waals surface area contributed by atoms with E-state index in [1.54, 1.807) is 12.1 Å². The van der Waals surface area contributed by atoms with Gasteiger partial charge in [-0.1, -0.05) is 23.7 Å². The molecule has 1 aromatic heterocycles. The van der Waals surface area contributed by atoms with Gasteiger partial charge in [-0.05, 0) is 57.4 Å². The largest absolute Gasteiger partial charge is 0.457 e. The standard InChI is InChI=1S/C20H22ClNO3/c1-4-22-13(2)11-17(14(22)3)18(23)12-25-19(24)20(9-10-20)15-5-7-16(21)8-6-15/h5-8,11H,4,9-10,12H2,1-3H3. The van der Waals surface area contributed by atoms with Crippen molar-refractivity contribution in [2.45, 2.75) is 45.6 Å². The summed E-state index contributed by atoms with van der Waals surface area (Å²) in [5, 5.41) is 0.634. The minimum atomic E-state index is -0.606. The molecule has 5 heteroatoms. The maximum Gasteiger partial charge on any atom is 0.317 e. The number of ketones is 1. The van der Waals surface area contributed by atoms with Crippen LogP contribution in [0.15, 0.2) is 30.3 Å². The first-order valence-corrected chi connectivity index (χ1v) is 8.90. The number of ether oxygens (including phenoxy) is 1. The number of halogens is 1. The van der Waals surface area contributed by atoms with E-state index in [1.807, 2.05) is 39.0 Å². The van der Waals surface area contributed by atoms with Gasteiger partial charge in [0, 0.05) is 28.5 Å². The smallest absolute Gasteiger partial charge is 0.317 e. The second-order valence-electron chi connectivity index (χ2n) is 6.62. The zero-order valence-corrected chi connectivity index (χ0v) is 15.5. The first-order chi connectivity index (χ1) is 11.9. The summed E-state index contributed by atoms with van der Waals surface area (Å²) >= 11 is 5.91. The Kier molecular flexibility index (Phi) is 4.74. The Morgan fingerprint density at radius 3 is 2.36 bits per heavy atom. The van der Waals surface area contributed by atoms with E-state index in [1.165, 1.54) is 0 Å². The average Bonchev–Trinajstić information content (AvgIpc) is 3.35. The lowest BCUT2D eigenvalue weighted by Gasteiger charge is -2.14. The quantitative estimate of drug-likeness (QED) is 0.572. The molecule has 2 aromatic rings. The molecule has 1 aliphatic rings. The Hall–Kier alpha value is -2.07. The summed E-state index contributed by atoms with van der Waals surface area (Å²) in [6, 6.07) is 9.12. The molecule has 25 heavy (non-hydrogen) atoms. The topological polar surface area (TPSA) is 48.3 Å². The number of aryl methyl sites for hydroxylation is 1. The van der Waals surface area contributed by atoms with E-state index in [0.717, 1.165) is 36.3 Å². The molecule has 0 spiro atoms. The van der Waals surface area contributed by atoms with Gasteiger partial charge in [-0.15, -0.1) is 0 Å². The van der Waals surface area contributed by atoms with Crippen molar-refractivity contribution in [3.05, 3.63) is 57.9 Å². The minimum absolute atomic E-state index is 0.159. The van der Waals surface area contributed by atoms with Crippen molar-refractivity contribution < 1.29 is 14.3 Å². The maximum atomic E-state index is 12.5. The summed E-state index contributed by atoms with van der Waals surface area (Å²) in [6.07, 6.45) is 1.48. The summed E-state index contributed by atoms with van der Waals surface area (Å²) < 4.78 is 7.45. The van der Waals surface area contributed by atoms with Gasteiger partial charge in [-0.3, -0.25) is 9.59 Å². The van der Waals surface area contributed by atoms with E-state index >= 15 is 0 Å². The highest BCUT2D eigenvalue weighted by Crippen LogP contribution is 2.49. The van der Waals surface area contributed by atoms with Crippen LogP contribution in [0.4, 0.5) is 0 Å². The Balaban J connectivity index is 1.68. The number of hydrogen-bond donors (Lipinski definition) is 0. The molecule has 0 saturated heterocycles. The molecule has 4 nitrogen and oxygen atoms in total. The Bertz CT molecular complexity index is 816. The maximum absolute atomic E-state index is 12.5. The summed E-state index contributed by atoms with van der Waals surface area (Å²) in [5.74, 6) is -0.486. The van der Waals surface area contributed by atoms with E-state index in [-0.39, 0.29) is 18.4 Å². The number of Topliss-reactive ketones (excluding diaryl/α,β-unsaturated/α-hetero) is 1. The fraction of sp³-hybridized carbons (Fsp3) is 0.400. The third-order valence-corrected chi connectivity index (χ3v) is 5.31. The van der Waals surface area contributed by atoms with Gasteiger partial charge in [0.1, 0.15) is 0 Å². The Labute approximate surface area is 152 Å². The first kappa shape index (κ1) is 17.7. The molecule has 3 rings (SSSR count). The number of nitrogens with zero attached hydrogens (tertiary/aromatic N) is 1. The second-order valence-corrected chi connectivity index (χ2v) is 7.05. The molecule has 0 bridgehead atoms. The second kappa shape index (κ2) is 6.68. The van der Waals surface area contributed by atoms with Gasteiger partial charge in [-0.25, -0.2) is 0 Å². The fourth-order valence-corrected chi connectivity index (χ4v) is 3.55. The highest BCUT2D eigenvalue weighted by Gasteiger charge is 2.52. The average molecular weight is 360 g/mol. The van der Waals surface area contributed by atoms with Crippen LogP contribution in [-0.4, -0.2) is 22.9 Å². The highest BCUT2D eigenvalue weighted by atomic mass is 35.5. The molecule has 0 amide bonds. The van der Waals surface area contributed by atoms with Gasteiger partial charge in [0.2, 0.25) is 5.78 Å². The number of hydrogen-bond acceptors (Lipinski definition) is 3. The number of rotatable bonds is 6. The summed E-state index contributed by atoms with van der Waals surface area (Å²) in [6.45, 7) is 6.52. The van der Waals surface area contributed by atoms with Crippen LogP contribution in [0.3, 0.4) is 0 Å². The lowest BCUT2D eigenvalue weighted by molar-refractivity contribution is -0.145. The number of carbonyl (C=O) groups is 2. The molecule has 0 aliphatic heterocycles. The zero-order valence-electron chi connectivity index (χ0n) is 14.8. The minimum Gasteiger partial charge on any atom is -0.457 e. The summed E-state index contributed by atoms with van der Waals surface area (Å²) in [5.41, 5.74) is 2.88. The molecule has 0 atom stereocenters. The predicted octanol–water partition coefficient (Wildman–Crippen LogP) is 4.24. The predicted molar refractivity (Wildman–Crippen MR) is 97.2 cm³/mol. The van der Waals surface area contributed by atoms with Gasteiger partial charge >= 0.3 is 5.97 Å². The molecular formula is C20H22ClNO3. The normalized spacial score (nSPS) is 15.0. The number of esters is 1. The van der Waals surface area contributed by atoms with Crippen LogP contribution < -0.4 is 0 Å². The molecule has 132 valence electrons. The van der Waals surface area contributed by atoms with Crippen LogP contribution in [0, 0.1) is 13.8 Å². The number of aromatic nitrogens is 1. The van der Waals surface area contributed by atoms with Crippen molar-refractivity contribution in [1.82, 2.24) is 4.57 Å². The van der Waals surface area contributed by atoms with E-state index in [0.29, 0.717) is 10.6 Å². The van der Waals surface area contributed by atoms with Crippen molar-refractivity contribution in [2.75, 3.05) is 6.61 Å². The molecule has 1 fully saturated rings. The van der Waals surface area contributed by atoms with Gasteiger partial charge in [0.25, 0.3) is 0 Å². The fourth-order valence-electron chi connectivity index (χ4n) is 3.42. The monoisotopic (exact) mass is 359 g/mol. The zero-order chi connectivity index (χ0) is 18.2. The van der Waals surface area contributed by atoms with Crippen LogP contribution in [-0.2, 0) is 21.5 Å².